The molecule has 2 aromatic carbocycles. The molecule has 25 heavy (non-hydrogen) atoms. The number of carbonyl (C=O) groups is 1. The maximum absolute atomic E-state index is 12.0. The highest BCUT2D eigenvalue weighted by Crippen LogP contribution is 2.25. The number of benzene rings is 2. The summed E-state index contributed by atoms with van der Waals surface area (Å²) in [4.78, 5) is 14.3. The summed E-state index contributed by atoms with van der Waals surface area (Å²) in [5, 5.41) is 11.9. The van der Waals surface area contributed by atoms with Gasteiger partial charge in [-0.2, -0.15) is 5.26 Å². The summed E-state index contributed by atoms with van der Waals surface area (Å²) in [5.41, 5.74) is 1.73. The van der Waals surface area contributed by atoms with E-state index in [9.17, 15) is 4.79 Å². The number of amides is 1. The fourth-order valence-electron chi connectivity index (χ4n) is 3.08. The first-order valence-corrected chi connectivity index (χ1v) is 8.45. The SMILES string of the molecule is N#Cc1cccc(OCCN2CCNC(=O)C[C@@H]2c2ccccc2)c1. The minimum Gasteiger partial charge on any atom is -0.492 e. The zero-order valence-corrected chi connectivity index (χ0v) is 14.0. The Morgan fingerprint density at radius 3 is 2.84 bits per heavy atom. The topological polar surface area (TPSA) is 65.4 Å². The molecule has 0 saturated carbocycles. The first-order chi connectivity index (χ1) is 12.3. The molecule has 1 heterocycles. The van der Waals surface area contributed by atoms with Crippen LogP contribution in [-0.2, 0) is 4.79 Å². The second-order valence-electron chi connectivity index (χ2n) is 6.00. The summed E-state index contributed by atoms with van der Waals surface area (Å²) >= 11 is 0. The molecule has 1 amide bonds. The van der Waals surface area contributed by atoms with E-state index in [1.165, 1.54) is 0 Å². The predicted molar refractivity (Wildman–Crippen MR) is 95.0 cm³/mol. The van der Waals surface area contributed by atoms with Crippen LogP contribution in [0.15, 0.2) is 54.6 Å². The summed E-state index contributed by atoms with van der Waals surface area (Å²) in [5.74, 6) is 0.776. The Labute approximate surface area is 147 Å². The number of nitriles is 1. The lowest BCUT2D eigenvalue weighted by molar-refractivity contribution is -0.121. The quantitative estimate of drug-likeness (QED) is 0.912. The molecular formula is C20H21N3O2. The standard InChI is InChI=1S/C20H21N3O2/c21-15-16-5-4-8-18(13-16)25-12-11-23-10-9-22-20(24)14-19(23)17-6-2-1-3-7-17/h1-8,13,19H,9-12,14H2,(H,22,24)/t19-/m1/s1. The van der Waals surface area contributed by atoms with Crippen molar-refractivity contribution in [2.45, 2.75) is 12.5 Å². The molecule has 3 rings (SSSR count). The van der Waals surface area contributed by atoms with Gasteiger partial charge in [0.05, 0.1) is 11.6 Å². The van der Waals surface area contributed by atoms with Crippen molar-refractivity contribution in [3.63, 3.8) is 0 Å². The highest BCUT2D eigenvalue weighted by atomic mass is 16.5. The normalized spacial score (nSPS) is 18.0. The highest BCUT2D eigenvalue weighted by molar-refractivity contribution is 5.77. The van der Waals surface area contributed by atoms with E-state index in [4.69, 9.17) is 10.00 Å². The van der Waals surface area contributed by atoms with Crippen LogP contribution in [-0.4, -0.2) is 37.0 Å². The molecule has 1 atom stereocenters. The first kappa shape index (κ1) is 17.0. The molecular weight excluding hydrogens is 314 g/mol. The lowest BCUT2D eigenvalue weighted by Crippen LogP contribution is -2.34. The second-order valence-corrected chi connectivity index (χ2v) is 6.00. The lowest BCUT2D eigenvalue weighted by Gasteiger charge is -2.29. The third-order valence-electron chi connectivity index (χ3n) is 4.34. The van der Waals surface area contributed by atoms with Crippen molar-refractivity contribution in [2.24, 2.45) is 0 Å². The third-order valence-corrected chi connectivity index (χ3v) is 4.34. The number of carbonyl (C=O) groups excluding carboxylic acids is 1. The van der Waals surface area contributed by atoms with Crippen molar-refractivity contribution in [1.29, 1.82) is 5.26 Å². The summed E-state index contributed by atoms with van der Waals surface area (Å²) < 4.78 is 5.80. The van der Waals surface area contributed by atoms with E-state index in [-0.39, 0.29) is 11.9 Å². The van der Waals surface area contributed by atoms with Crippen LogP contribution in [0.25, 0.3) is 0 Å². The third kappa shape index (κ3) is 4.59. The molecule has 0 unspecified atom stereocenters. The van der Waals surface area contributed by atoms with Crippen LogP contribution < -0.4 is 10.1 Å². The first-order valence-electron chi connectivity index (χ1n) is 8.45. The van der Waals surface area contributed by atoms with Crippen molar-refractivity contribution in [1.82, 2.24) is 10.2 Å². The van der Waals surface area contributed by atoms with Gasteiger partial charge >= 0.3 is 0 Å². The van der Waals surface area contributed by atoms with Crippen LogP contribution >= 0.6 is 0 Å². The van der Waals surface area contributed by atoms with Crippen molar-refractivity contribution in [2.75, 3.05) is 26.2 Å². The molecule has 2 aromatic rings. The van der Waals surface area contributed by atoms with Gasteiger partial charge < -0.3 is 10.1 Å². The van der Waals surface area contributed by atoms with Crippen LogP contribution in [0.1, 0.15) is 23.6 Å². The number of hydrogen-bond acceptors (Lipinski definition) is 4. The summed E-state index contributed by atoms with van der Waals surface area (Å²) in [6, 6.07) is 19.4. The maximum Gasteiger partial charge on any atom is 0.221 e. The fourth-order valence-corrected chi connectivity index (χ4v) is 3.08. The number of hydrogen-bond donors (Lipinski definition) is 1. The molecule has 128 valence electrons. The molecule has 1 N–H and O–H groups in total. The van der Waals surface area contributed by atoms with E-state index < -0.39 is 0 Å². The van der Waals surface area contributed by atoms with Crippen LogP contribution in [0, 0.1) is 11.3 Å². The largest absolute Gasteiger partial charge is 0.492 e. The van der Waals surface area contributed by atoms with Gasteiger partial charge in [-0.05, 0) is 23.8 Å². The number of nitrogens with one attached hydrogen (secondary N) is 1. The molecule has 5 heteroatoms. The molecule has 0 aromatic heterocycles. The number of ether oxygens (including phenoxy) is 1. The highest BCUT2D eigenvalue weighted by Gasteiger charge is 2.25. The zero-order chi connectivity index (χ0) is 17.5. The van der Waals surface area contributed by atoms with Crippen LogP contribution in [0.4, 0.5) is 0 Å². The van der Waals surface area contributed by atoms with Gasteiger partial charge in [0, 0.05) is 32.1 Å². The molecule has 1 saturated heterocycles. The van der Waals surface area contributed by atoms with Gasteiger partial charge in [0.2, 0.25) is 5.91 Å². The molecule has 1 aliphatic rings. The van der Waals surface area contributed by atoms with E-state index >= 15 is 0 Å². The van der Waals surface area contributed by atoms with E-state index in [0.29, 0.717) is 37.4 Å². The molecule has 0 radical (unpaired) electrons. The minimum atomic E-state index is 0.0535. The van der Waals surface area contributed by atoms with E-state index in [0.717, 1.165) is 12.1 Å². The monoisotopic (exact) mass is 335 g/mol. The Bertz CT molecular complexity index is 755. The van der Waals surface area contributed by atoms with Crippen LogP contribution in [0.5, 0.6) is 5.75 Å². The van der Waals surface area contributed by atoms with Gasteiger partial charge in [-0.1, -0.05) is 36.4 Å². The molecule has 5 nitrogen and oxygen atoms in total. The van der Waals surface area contributed by atoms with Gasteiger partial charge in [0.15, 0.2) is 0 Å². The van der Waals surface area contributed by atoms with Gasteiger partial charge in [-0.25, -0.2) is 0 Å². The average Bonchev–Trinajstić information content (AvgIpc) is 2.84. The minimum absolute atomic E-state index is 0.0535. The van der Waals surface area contributed by atoms with E-state index in [2.05, 4.69) is 28.4 Å². The van der Waals surface area contributed by atoms with E-state index in [1.807, 2.05) is 30.3 Å². The van der Waals surface area contributed by atoms with Crippen molar-refractivity contribution in [3.8, 4) is 11.8 Å². The number of rotatable bonds is 5. The van der Waals surface area contributed by atoms with Gasteiger partial charge in [0.25, 0.3) is 0 Å². The van der Waals surface area contributed by atoms with Gasteiger partial charge in [-0.3, -0.25) is 9.69 Å². The molecule has 0 spiro atoms. The molecule has 1 fully saturated rings. The Morgan fingerprint density at radius 1 is 1.20 bits per heavy atom. The predicted octanol–water partition coefficient (Wildman–Crippen LogP) is 2.50. The summed E-state index contributed by atoms with van der Waals surface area (Å²) in [7, 11) is 0. The van der Waals surface area contributed by atoms with Crippen molar-refractivity contribution >= 4 is 5.91 Å². The molecule has 0 bridgehead atoms. The Kier molecular flexibility index (Phi) is 5.65. The van der Waals surface area contributed by atoms with Gasteiger partial charge in [-0.15, -0.1) is 0 Å². The number of nitrogens with zero attached hydrogens (tertiary/aromatic N) is 2. The van der Waals surface area contributed by atoms with Crippen LogP contribution in [0.3, 0.4) is 0 Å². The smallest absolute Gasteiger partial charge is 0.221 e. The fraction of sp³-hybridized carbons (Fsp3) is 0.300. The summed E-state index contributed by atoms with van der Waals surface area (Å²) in [6.45, 7) is 2.65. The maximum atomic E-state index is 12.0. The Balaban J connectivity index is 1.65. The van der Waals surface area contributed by atoms with E-state index in [1.54, 1.807) is 12.1 Å². The second kappa shape index (κ2) is 8.32. The van der Waals surface area contributed by atoms with Crippen molar-refractivity contribution in [3.05, 3.63) is 65.7 Å². The van der Waals surface area contributed by atoms with Crippen molar-refractivity contribution < 1.29 is 9.53 Å². The Morgan fingerprint density at radius 2 is 2.04 bits per heavy atom. The average molecular weight is 335 g/mol. The molecule has 1 aliphatic heterocycles. The van der Waals surface area contributed by atoms with Gasteiger partial charge in [0.1, 0.15) is 12.4 Å². The molecule has 0 aliphatic carbocycles. The van der Waals surface area contributed by atoms with Crippen LogP contribution in [0.2, 0.25) is 0 Å². The zero-order valence-electron chi connectivity index (χ0n) is 14.0. The Hall–Kier alpha value is -2.84. The lowest BCUT2D eigenvalue weighted by atomic mass is 10.0. The summed E-state index contributed by atoms with van der Waals surface area (Å²) in [6.07, 6.45) is 0.452.